The second-order valence-electron chi connectivity index (χ2n) is 5.20. The Balaban J connectivity index is 2.37. The molecule has 0 radical (unpaired) electrons. The molecule has 0 fully saturated rings. The lowest BCUT2D eigenvalue weighted by molar-refractivity contribution is -0.139. The van der Waals surface area contributed by atoms with Gasteiger partial charge in [-0.3, -0.25) is 4.79 Å². The maximum atomic E-state index is 11.9. The van der Waals surface area contributed by atoms with Gasteiger partial charge in [0, 0.05) is 13.1 Å². The maximum absolute atomic E-state index is 11.9. The van der Waals surface area contributed by atoms with Gasteiger partial charge in [0.05, 0.1) is 12.2 Å². The molecule has 106 valence electrons. The molecule has 1 N–H and O–H groups in total. The number of benzene rings is 1. The van der Waals surface area contributed by atoms with Gasteiger partial charge in [-0.1, -0.05) is 30.3 Å². The van der Waals surface area contributed by atoms with Crippen molar-refractivity contribution in [1.82, 2.24) is 4.90 Å². The summed E-state index contributed by atoms with van der Waals surface area (Å²) < 4.78 is 5.41. The summed E-state index contributed by atoms with van der Waals surface area (Å²) in [7, 11) is 0. The van der Waals surface area contributed by atoms with E-state index in [2.05, 4.69) is 0 Å². The summed E-state index contributed by atoms with van der Waals surface area (Å²) in [6, 6.07) is 9.73. The van der Waals surface area contributed by atoms with Crippen LogP contribution >= 0.6 is 0 Å². The summed E-state index contributed by atoms with van der Waals surface area (Å²) in [4.78, 5) is 13.5. The highest BCUT2D eigenvalue weighted by Gasteiger charge is 2.21. The lowest BCUT2D eigenvalue weighted by atomic mass is 10.1. The van der Waals surface area contributed by atoms with Crippen LogP contribution in [-0.2, 0) is 16.1 Å². The molecule has 0 aliphatic rings. The highest BCUT2D eigenvalue weighted by atomic mass is 16.5. The van der Waals surface area contributed by atoms with Gasteiger partial charge in [0.25, 0.3) is 0 Å². The highest BCUT2D eigenvalue weighted by Crippen LogP contribution is 2.06. The van der Waals surface area contributed by atoms with E-state index < -0.39 is 5.60 Å². The summed E-state index contributed by atoms with van der Waals surface area (Å²) in [5.74, 6) is -0.0967. The van der Waals surface area contributed by atoms with E-state index in [0.29, 0.717) is 19.7 Å². The minimum Gasteiger partial charge on any atom is -0.389 e. The molecule has 0 unspecified atom stereocenters. The first-order valence-corrected chi connectivity index (χ1v) is 6.54. The fourth-order valence-electron chi connectivity index (χ4n) is 1.77. The molecule has 0 aliphatic heterocycles. The lowest BCUT2D eigenvalue weighted by Crippen LogP contribution is -2.43. The van der Waals surface area contributed by atoms with Crippen LogP contribution in [-0.4, -0.2) is 41.2 Å². The molecule has 0 spiro atoms. The van der Waals surface area contributed by atoms with Crippen LogP contribution in [0.4, 0.5) is 0 Å². The molecule has 0 aromatic heterocycles. The normalized spacial score (nSPS) is 11.4. The molecule has 0 bridgehead atoms. The monoisotopic (exact) mass is 265 g/mol. The molecule has 1 amide bonds. The zero-order valence-electron chi connectivity index (χ0n) is 11.9. The van der Waals surface area contributed by atoms with E-state index in [4.69, 9.17) is 4.74 Å². The zero-order valence-corrected chi connectivity index (χ0v) is 11.9. The van der Waals surface area contributed by atoms with Gasteiger partial charge < -0.3 is 14.7 Å². The van der Waals surface area contributed by atoms with Gasteiger partial charge in [0.2, 0.25) is 5.91 Å². The summed E-state index contributed by atoms with van der Waals surface area (Å²) in [5, 5.41) is 9.74. The molecule has 4 nitrogen and oxygen atoms in total. The summed E-state index contributed by atoms with van der Waals surface area (Å²) in [5.41, 5.74) is 0.159. The smallest absolute Gasteiger partial charge is 0.248 e. The van der Waals surface area contributed by atoms with Crippen molar-refractivity contribution in [1.29, 1.82) is 0 Å². The van der Waals surface area contributed by atoms with Crippen molar-refractivity contribution in [2.75, 3.05) is 19.7 Å². The van der Waals surface area contributed by atoms with Crippen LogP contribution in [0.5, 0.6) is 0 Å². The van der Waals surface area contributed by atoms with Crippen LogP contribution in [0.2, 0.25) is 0 Å². The van der Waals surface area contributed by atoms with E-state index in [1.807, 2.05) is 37.3 Å². The number of carbonyl (C=O) groups is 1. The minimum absolute atomic E-state index is 0.0405. The van der Waals surface area contributed by atoms with Crippen molar-refractivity contribution in [2.24, 2.45) is 0 Å². The van der Waals surface area contributed by atoms with E-state index >= 15 is 0 Å². The molecule has 1 aromatic carbocycles. The van der Waals surface area contributed by atoms with Crippen molar-refractivity contribution in [3.05, 3.63) is 35.9 Å². The largest absolute Gasteiger partial charge is 0.389 e. The minimum atomic E-state index is -0.884. The number of nitrogens with zero attached hydrogens (tertiary/aromatic N) is 1. The molecule has 4 heteroatoms. The Morgan fingerprint density at radius 1 is 1.32 bits per heavy atom. The molecule has 19 heavy (non-hydrogen) atoms. The van der Waals surface area contributed by atoms with Gasteiger partial charge in [0.1, 0.15) is 6.61 Å². The predicted octanol–water partition coefficient (Wildman–Crippen LogP) is 1.82. The number of likely N-dealkylation sites (N-methyl/N-ethyl adjacent to an activating group) is 1. The number of carbonyl (C=O) groups excluding carboxylic acids is 1. The lowest BCUT2D eigenvalue weighted by Gasteiger charge is -2.28. The van der Waals surface area contributed by atoms with Crippen molar-refractivity contribution in [3.8, 4) is 0 Å². The first kappa shape index (κ1) is 15.7. The number of amides is 1. The van der Waals surface area contributed by atoms with E-state index in [9.17, 15) is 9.90 Å². The molecular weight excluding hydrogens is 242 g/mol. The Bertz CT molecular complexity index is 384. The Hall–Kier alpha value is -1.39. The molecular formula is C15H23NO3. The van der Waals surface area contributed by atoms with Gasteiger partial charge >= 0.3 is 0 Å². The molecule has 0 heterocycles. The Morgan fingerprint density at radius 3 is 2.47 bits per heavy atom. The molecule has 1 aromatic rings. The van der Waals surface area contributed by atoms with E-state index in [1.165, 1.54) is 0 Å². The van der Waals surface area contributed by atoms with Crippen LogP contribution < -0.4 is 0 Å². The van der Waals surface area contributed by atoms with Crippen LogP contribution in [0.3, 0.4) is 0 Å². The van der Waals surface area contributed by atoms with E-state index in [1.54, 1.807) is 18.7 Å². The molecule has 1 rings (SSSR count). The fraction of sp³-hybridized carbons (Fsp3) is 0.533. The Labute approximate surface area is 115 Å². The molecule has 0 saturated heterocycles. The van der Waals surface area contributed by atoms with Crippen molar-refractivity contribution in [2.45, 2.75) is 33.0 Å². The van der Waals surface area contributed by atoms with Crippen molar-refractivity contribution in [3.63, 3.8) is 0 Å². The topological polar surface area (TPSA) is 49.8 Å². The second-order valence-corrected chi connectivity index (χ2v) is 5.20. The number of rotatable bonds is 7. The molecule has 0 saturated carbocycles. The average molecular weight is 265 g/mol. The van der Waals surface area contributed by atoms with E-state index in [0.717, 1.165) is 5.56 Å². The van der Waals surface area contributed by atoms with Crippen LogP contribution in [0.15, 0.2) is 30.3 Å². The van der Waals surface area contributed by atoms with E-state index in [-0.39, 0.29) is 12.5 Å². The molecule has 0 atom stereocenters. The van der Waals surface area contributed by atoms with Gasteiger partial charge in [-0.15, -0.1) is 0 Å². The van der Waals surface area contributed by atoms with Gasteiger partial charge in [-0.05, 0) is 26.3 Å². The van der Waals surface area contributed by atoms with Gasteiger partial charge in [-0.2, -0.15) is 0 Å². The standard InChI is InChI=1S/C15H23NO3/c1-4-16(12-15(2,3)18)14(17)11-19-10-13-8-6-5-7-9-13/h5-9,18H,4,10-12H2,1-3H3. The van der Waals surface area contributed by atoms with Crippen LogP contribution in [0.1, 0.15) is 26.3 Å². The summed E-state index contributed by atoms with van der Waals surface area (Å²) in [6.45, 7) is 6.61. The van der Waals surface area contributed by atoms with Crippen LogP contribution in [0, 0.1) is 0 Å². The summed E-state index contributed by atoms with van der Waals surface area (Å²) >= 11 is 0. The number of hydrogen-bond acceptors (Lipinski definition) is 3. The molecule has 0 aliphatic carbocycles. The first-order chi connectivity index (χ1) is 8.92. The Morgan fingerprint density at radius 2 is 1.95 bits per heavy atom. The quantitative estimate of drug-likeness (QED) is 0.818. The third kappa shape index (κ3) is 6.36. The SMILES string of the molecule is CCN(CC(C)(C)O)C(=O)COCc1ccccc1. The van der Waals surface area contributed by atoms with Gasteiger partial charge in [-0.25, -0.2) is 0 Å². The van der Waals surface area contributed by atoms with Crippen molar-refractivity contribution >= 4 is 5.91 Å². The maximum Gasteiger partial charge on any atom is 0.248 e. The number of hydrogen-bond donors (Lipinski definition) is 1. The van der Waals surface area contributed by atoms with Crippen molar-refractivity contribution < 1.29 is 14.6 Å². The highest BCUT2D eigenvalue weighted by molar-refractivity contribution is 5.77. The average Bonchev–Trinajstić information content (AvgIpc) is 2.36. The zero-order chi connectivity index (χ0) is 14.3. The second kappa shape index (κ2) is 7.26. The number of aliphatic hydroxyl groups is 1. The van der Waals surface area contributed by atoms with Gasteiger partial charge in [0.15, 0.2) is 0 Å². The van der Waals surface area contributed by atoms with Crippen LogP contribution in [0.25, 0.3) is 0 Å². The summed E-state index contributed by atoms with van der Waals surface area (Å²) in [6.07, 6.45) is 0. The third-order valence-corrected chi connectivity index (χ3v) is 2.65. The Kier molecular flexibility index (Phi) is 5.99. The predicted molar refractivity (Wildman–Crippen MR) is 74.6 cm³/mol. The number of ether oxygens (including phenoxy) is 1. The fourth-order valence-corrected chi connectivity index (χ4v) is 1.77. The first-order valence-electron chi connectivity index (χ1n) is 6.54. The third-order valence-electron chi connectivity index (χ3n) is 2.65.